The summed E-state index contributed by atoms with van der Waals surface area (Å²) < 4.78 is 6.77. The molecule has 3 aromatic rings. The van der Waals surface area contributed by atoms with Gasteiger partial charge in [0.2, 0.25) is 0 Å². The Morgan fingerprint density at radius 1 is 1.09 bits per heavy atom. The van der Waals surface area contributed by atoms with Gasteiger partial charge in [0.05, 0.1) is 12.3 Å². The van der Waals surface area contributed by atoms with Gasteiger partial charge in [0.15, 0.2) is 11.7 Å². The van der Waals surface area contributed by atoms with Crippen LogP contribution in [0, 0.1) is 0 Å². The number of ether oxygens (including phenoxy) is 1. The summed E-state index contributed by atoms with van der Waals surface area (Å²) in [5, 5.41) is 26.7. The number of carbonyl (C=O) groups excluding carboxylic acids is 2. The van der Waals surface area contributed by atoms with Gasteiger partial charge in [-0.25, -0.2) is 9.59 Å². The first kappa shape index (κ1) is 22.0. The summed E-state index contributed by atoms with van der Waals surface area (Å²) in [6.45, 7) is -0.698. The van der Waals surface area contributed by atoms with Gasteiger partial charge in [-0.15, -0.1) is 0 Å². The van der Waals surface area contributed by atoms with Crippen LogP contribution in [0.3, 0.4) is 0 Å². The van der Waals surface area contributed by atoms with Crippen LogP contribution in [0.25, 0.3) is 11.1 Å². The van der Waals surface area contributed by atoms with Crippen molar-refractivity contribution < 1.29 is 29.3 Å². The highest BCUT2D eigenvalue weighted by molar-refractivity contribution is 6.02. The number of nitrogens with one attached hydrogen (secondary N) is 2. The Balaban J connectivity index is 1.45. The van der Waals surface area contributed by atoms with E-state index in [0.29, 0.717) is 0 Å². The molecule has 1 atom stereocenters. The minimum Gasteiger partial charge on any atom is -0.480 e. The fraction of sp³-hybridized carbons (Fsp3) is 0.217. The SMILES string of the molecule is Cn1cc(NC(=O)OCC2c3ccccc3-c3ccccc32)c(C(=O)N[C@@H](CO)C(=O)O)n1. The van der Waals surface area contributed by atoms with Crippen LogP contribution in [0.15, 0.2) is 54.7 Å². The number of nitrogens with zero attached hydrogens (tertiary/aromatic N) is 2. The second kappa shape index (κ2) is 9.13. The smallest absolute Gasteiger partial charge is 0.411 e. The number of fused-ring (bicyclic) bond motifs is 3. The summed E-state index contributed by atoms with van der Waals surface area (Å²) in [5.41, 5.74) is 4.18. The van der Waals surface area contributed by atoms with Crippen molar-refractivity contribution in [3.05, 3.63) is 71.5 Å². The molecule has 33 heavy (non-hydrogen) atoms. The number of aromatic nitrogens is 2. The van der Waals surface area contributed by atoms with Gasteiger partial charge in [-0.1, -0.05) is 48.5 Å². The number of amides is 2. The number of carboxylic acid groups (broad SMARTS) is 1. The lowest BCUT2D eigenvalue weighted by Crippen LogP contribution is -2.43. The molecule has 2 amide bonds. The van der Waals surface area contributed by atoms with E-state index < -0.39 is 30.6 Å². The molecule has 0 radical (unpaired) electrons. The Morgan fingerprint density at radius 2 is 1.70 bits per heavy atom. The van der Waals surface area contributed by atoms with E-state index in [4.69, 9.17) is 14.9 Å². The van der Waals surface area contributed by atoms with Crippen LogP contribution in [0.4, 0.5) is 10.5 Å². The highest BCUT2D eigenvalue weighted by Crippen LogP contribution is 2.44. The van der Waals surface area contributed by atoms with Crippen molar-refractivity contribution in [2.75, 3.05) is 18.5 Å². The van der Waals surface area contributed by atoms with E-state index in [0.717, 1.165) is 22.3 Å². The Hall–Kier alpha value is -4.18. The second-order valence-electron chi connectivity index (χ2n) is 7.56. The molecule has 170 valence electrons. The molecule has 0 fully saturated rings. The highest BCUT2D eigenvalue weighted by atomic mass is 16.5. The van der Waals surface area contributed by atoms with Crippen LogP contribution in [-0.4, -0.2) is 57.2 Å². The monoisotopic (exact) mass is 450 g/mol. The largest absolute Gasteiger partial charge is 0.480 e. The molecule has 1 aliphatic carbocycles. The summed E-state index contributed by atoms with van der Waals surface area (Å²) in [6.07, 6.45) is 0.612. The topological polar surface area (TPSA) is 143 Å². The maximum absolute atomic E-state index is 12.5. The Morgan fingerprint density at radius 3 is 2.27 bits per heavy atom. The highest BCUT2D eigenvalue weighted by Gasteiger charge is 2.29. The molecule has 10 nitrogen and oxygen atoms in total. The molecule has 0 spiro atoms. The molecular weight excluding hydrogens is 428 g/mol. The summed E-state index contributed by atoms with van der Waals surface area (Å²) >= 11 is 0. The van der Waals surface area contributed by atoms with Crippen molar-refractivity contribution in [1.82, 2.24) is 15.1 Å². The van der Waals surface area contributed by atoms with E-state index in [1.165, 1.54) is 10.9 Å². The Kier molecular flexibility index (Phi) is 6.09. The number of rotatable bonds is 7. The lowest BCUT2D eigenvalue weighted by atomic mass is 9.98. The van der Waals surface area contributed by atoms with Gasteiger partial charge in [0.25, 0.3) is 5.91 Å². The average molecular weight is 450 g/mol. The number of hydrogen-bond acceptors (Lipinski definition) is 6. The van der Waals surface area contributed by atoms with E-state index in [1.807, 2.05) is 48.5 Å². The third-order valence-corrected chi connectivity index (χ3v) is 5.41. The Bertz CT molecular complexity index is 1180. The number of aliphatic hydroxyl groups excluding tert-OH is 1. The summed E-state index contributed by atoms with van der Waals surface area (Å²) in [4.78, 5) is 36.0. The van der Waals surface area contributed by atoms with Crippen LogP contribution in [0.2, 0.25) is 0 Å². The molecule has 1 aromatic heterocycles. The van der Waals surface area contributed by atoms with Crippen molar-refractivity contribution in [2.24, 2.45) is 7.05 Å². The van der Waals surface area contributed by atoms with Gasteiger partial charge in [-0.2, -0.15) is 5.10 Å². The van der Waals surface area contributed by atoms with E-state index in [9.17, 15) is 14.4 Å². The molecule has 4 rings (SSSR count). The van der Waals surface area contributed by atoms with E-state index in [1.54, 1.807) is 7.05 Å². The predicted molar refractivity (Wildman–Crippen MR) is 118 cm³/mol. The van der Waals surface area contributed by atoms with Gasteiger partial charge in [-0.3, -0.25) is 14.8 Å². The summed E-state index contributed by atoms with van der Waals surface area (Å²) in [6, 6.07) is 14.4. The fourth-order valence-corrected chi connectivity index (χ4v) is 3.90. The number of aliphatic hydroxyl groups is 1. The number of carboxylic acids is 1. The quantitative estimate of drug-likeness (QED) is 0.431. The van der Waals surface area contributed by atoms with Crippen molar-refractivity contribution in [3.63, 3.8) is 0 Å². The van der Waals surface area contributed by atoms with Gasteiger partial charge in [0.1, 0.15) is 6.61 Å². The molecule has 4 N–H and O–H groups in total. The number of anilines is 1. The molecular formula is C23H22N4O6. The lowest BCUT2D eigenvalue weighted by molar-refractivity contribution is -0.140. The minimum absolute atomic E-state index is 0.0503. The maximum atomic E-state index is 12.5. The number of hydrogen-bond donors (Lipinski definition) is 4. The van der Waals surface area contributed by atoms with E-state index in [2.05, 4.69) is 15.7 Å². The fourth-order valence-electron chi connectivity index (χ4n) is 3.90. The van der Waals surface area contributed by atoms with Crippen LogP contribution in [0.5, 0.6) is 0 Å². The van der Waals surface area contributed by atoms with Gasteiger partial charge >= 0.3 is 12.1 Å². The number of benzene rings is 2. The third kappa shape index (κ3) is 4.41. The molecule has 0 saturated heterocycles. The van der Waals surface area contributed by atoms with Gasteiger partial charge < -0.3 is 20.3 Å². The van der Waals surface area contributed by atoms with E-state index in [-0.39, 0.29) is 23.9 Å². The van der Waals surface area contributed by atoms with E-state index >= 15 is 0 Å². The van der Waals surface area contributed by atoms with Gasteiger partial charge in [0, 0.05) is 19.2 Å². The Labute approximate surface area is 188 Å². The van der Waals surface area contributed by atoms with Crippen LogP contribution in [0.1, 0.15) is 27.5 Å². The first-order valence-electron chi connectivity index (χ1n) is 10.2. The lowest BCUT2D eigenvalue weighted by Gasteiger charge is -2.15. The molecule has 1 heterocycles. The third-order valence-electron chi connectivity index (χ3n) is 5.41. The van der Waals surface area contributed by atoms with Crippen molar-refractivity contribution >= 4 is 23.7 Å². The zero-order chi connectivity index (χ0) is 23.5. The molecule has 0 unspecified atom stereocenters. The first-order chi connectivity index (χ1) is 15.9. The number of aliphatic carboxylic acids is 1. The normalized spacial score (nSPS) is 13.0. The number of carbonyl (C=O) groups is 3. The number of aryl methyl sites for hydroxylation is 1. The van der Waals surface area contributed by atoms with Gasteiger partial charge in [-0.05, 0) is 22.3 Å². The zero-order valence-corrected chi connectivity index (χ0v) is 17.7. The van der Waals surface area contributed by atoms with Crippen LogP contribution >= 0.6 is 0 Å². The summed E-state index contributed by atoms with van der Waals surface area (Å²) in [7, 11) is 1.54. The van der Waals surface area contributed by atoms with Crippen LogP contribution < -0.4 is 10.6 Å². The molecule has 2 aromatic carbocycles. The second-order valence-corrected chi connectivity index (χ2v) is 7.56. The van der Waals surface area contributed by atoms with Crippen molar-refractivity contribution in [2.45, 2.75) is 12.0 Å². The molecule has 0 bridgehead atoms. The zero-order valence-electron chi connectivity index (χ0n) is 17.7. The maximum Gasteiger partial charge on any atom is 0.411 e. The summed E-state index contributed by atoms with van der Waals surface area (Å²) in [5.74, 6) is -2.38. The first-order valence-corrected chi connectivity index (χ1v) is 10.2. The molecule has 0 aliphatic heterocycles. The standard InChI is InChI=1S/C23H22N4O6/c1-27-10-18(20(26-27)21(29)24-19(11-28)22(30)31)25-23(32)33-12-17-15-8-4-2-6-13(15)14-7-3-5-9-16(14)17/h2-10,17,19,28H,11-12H2,1H3,(H,24,29)(H,25,32)(H,30,31)/t19-/m0/s1. The average Bonchev–Trinajstić information content (AvgIpc) is 3.33. The minimum atomic E-state index is -1.50. The molecule has 10 heteroatoms. The predicted octanol–water partition coefficient (Wildman–Crippen LogP) is 1.96. The molecule has 1 aliphatic rings. The van der Waals surface area contributed by atoms with Crippen molar-refractivity contribution in [3.8, 4) is 11.1 Å². The molecule has 0 saturated carbocycles. The van der Waals surface area contributed by atoms with Crippen LogP contribution in [-0.2, 0) is 16.6 Å². The van der Waals surface area contributed by atoms with Crippen molar-refractivity contribution in [1.29, 1.82) is 0 Å².